The Morgan fingerprint density at radius 3 is 3.27 bits per heavy atom. The molecular weight excluding hydrogens is 140 g/mol. The first-order valence-corrected chi connectivity index (χ1v) is 3.50. The van der Waals surface area contributed by atoms with Gasteiger partial charge >= 0.3 is 0 Å². The van der Waals surface area contributed by atoms with Crippen LogP contribution in [0.15, 0.2) is 28.9 Å². The van der Waals surface area contributed by atoms with Crippen LogP contribution >= 0.6 is 0 Å². The van der Waals surface area contributed by atoms with Crippen LogP contribution in [-0.2, 0) is 4.79 Å². The third-order valence-corrected chi connectivity index (χ3v) is 1.71. The van der Waals surface area contributed by atoms with Crippen LogP contribution in [0.3, 0.4) is 0 Å². The minimum atomic E-state index is -0.0596. The van der Waals surface area contributed by atoms with Gasteiger partial charge < -0.3 is 4.90 Å². The van der Waals surface area contributed by atoms with Crippen LogP contribution in [0.25, 0.3) is 0 Å². The summed E-state index contributed by atoms with van der Waals surface area (Å²) in [5, 5.41) is 0. The van der Waals surface area contributed by atoms with Crippen molar-refractivity contribution in [3.8, 4) is 0 Å². The Hall–Kier alpha value is -1.38. The second-order valence-electron chi connectivity index (χ2n) is 2.70. The number of nitrogens with zero attached hydrogens (tertiary/aromatic N) is 2. The van der Waals surface area contributed by atoms with Crippen molar-refractivity contribution in [3.05, 3.63) is 23.9 Å². The standard InChI is InChI=1S/C8H8N2O/c1-6-2-3-10-5-8(11)9-7(10)4-6/h2-4H,5H2,1H3. The van der Waals surface area contributed by atoms with Crippen molar-refractivity contribution < 1.29 is 4.79 Å². The van der Waals surface area contributed by atoms with E-state index in [1.54, 1.807) is 0 Å². The molecule has 0 bridgehead atoms. The Morgan fingerprint density at radius 2 is 2.45 bits per heavy atom. The van der Waals surface area contributed by atoms with Gasteiger partial charge in [-0.25, -0.2) is 0 Å². The summed E-state index contributed by atoms with van der Waals surface area (Å²) in [6.07, 6.45) is 5.77. The van der Waals surface area contributed by atoms with Crippen molar-refractivity contribution in [3.63, 3.8) is 0 Å². The molecule has 0 N–H and O–H groups in total. The van der Waals surface area contributed by atoms with E-state index >= 15 is 0 Å². The average molecular weight is 148 g/mol. The molecule has 0 aromatic heterocycles. The van der Waals surface area contributed by atoms with E-state index in [0.717, 1.165) is 11.4 Å². The van der Waals surface area contributed by atoms with E-state index in [2.05, 4.69) is 4.99 Å². The highest BCUT2D eigenvalue weighted by Crippen LogP contribution is 2.12. The Labute approximate surface area is 64.7 Å². The summed E-state index contributed by atoms with van der Waals surface area (Å²) in [6, 6.07) is 0. The van der Waals surface area contributed by atoms with Gasteiger partial charge in [-0.3, -0.25) is 4.79 Å². The lowest BCUT2D eigenvalue weighted by atomic mass is 10.2. The van der Waals surface area contributed by atoms with Crippen molar-refractivity contribution in [1.29, 1.82) is 0 Å². The van der Waals surface area contributed by atoms with Gasteiger partial charge in [0.1, 0.15) is 12.4 Å². The lowest BCUT2D eigenvalue weighted by Gasteiger charge is -2.15. The number of hydrogen-bond acceptors (Lipinski definition) is 2. The zero-order valence-corrected chi connectivity index (χ0v) is 6.24. The van der Waals surface area contributed by atoms with Gasteiger partial charge in [0.2, 0.25) is 0 Å². The normalized spacial score (nSPS) is 21.5. The zero-order valence-electron chi connectivity index (χ0n) is 6.24. The highest BCUT2D eigenvalue weighted by molar-refractivity contribution is 6.08. The molecule has 2 aliphatic heterocycles. The Balaban J connectivity index is 2.38. The molecule has 2 aliphatic rings. The second-order valence-corrected chi connectivity index (χ2v) is 2.70. The lowest BCUT2D eigenvalue weighted by molar-refractivity contribution is -0.116. The molecule has 3 heteroatoms. The summed E-state index contributed by atoms with van der Waals surface area (Å²) in [5.41, 5.74) is 1.13. The maximum atomic E-state index is 10.8. The van der Waals surface area contributed by atoms with E-state index in [1.165, 1.54) is 0 Å². The minimum absolute atomic E-state index is 0.0596. The van der Waals surface area contributed by atoms with Crippen LogP contribution in [0.4, 0.5) is 0 Å². The summed E-state index contributed by atoms with van der Waals surface area (Å²) in [4.78, 5) is 16.5. The highest BCUT2D eigenvalue weighted by atomic mass is 16.2. The molecule has 0 saturated carbocycles. The number of allylic oxidation sites excluding steroid dienone is 2. The van der Waals surface area contributed by atoms with Crippen molar-refractivity contribution in [1.82, 2.24) is 4.90 Å². The number of fused-ring (bicyclic) bond motifs is 1. The predicted octanol–water partition coefficient (Wildman–Crippen LogP) is 0.701. The van der Waals surface area contributed by atoms with Gasteiger partial charge in [0.05, 0.1) is 0 Å². The number of hydrogen-bond donors (Lipinski definition) is 0. The van der Waals surface area contributed by atoms with Crippen LogP contribution in [0.5, 0.6) is 0 Å². The third kappa shape index (κ3) is 0.981. The number of aliphatic imine (C=N–C) groups is 1. The molecule has 0 radical (unpaired) electrons. The Bertz CT molecular complexity index is 296. The second kappa shape index (κ2) is 2.05. The van der Waals surface area contributed by atoms with Crippen LogP contribution in [0.1, 0.15) is 6.92 Å². The summed E-state index contributed by atoms with van der Waals surface area (Å²) in [6.45, 7) is 2.38. The molecule has 2 rings (SSSR count). The largest absolute Gasteiger partial charge is 0.323 e. The van der Waals surface area contributed by atoms with E-state index in [9.17, 15) is 4.79 Å². The molecule has 2 heterocycles. The number of amidine groups is 1. The van der Waals surface area contributed by atoms with Gasteiger partial charge in [-0.05, 0) is 24.6 Å². The molecule has 0 aromatic rings. The molecule has 0 saturated heterocycles. The summed E-state index contributed by atoms with van der Waals surface area (Å²) in [5.74, 6) is 0.714. The van der Waals surface area contributed by atoms with Gasteiger partial charge in [-0.1, -0.05) is 0 Å². The number of carbonyl (C=O) groups excluding carboxylic acids is 1. The molecular formula is C8H8N2O. The number of carbonyl (C=O) groups is 1. The van der Waals surface area contributed by atoms with Gasteiger partial charge in [-0.2, -0.15) is 4.99 Å². The Morgan fingerprint density at radius 1 is 1.64 bits per heavy atom. The Kier molecular flexibility index (Phi) is 1.18. The number of rotatable bonds is 0. The van der Waals surface area contributed by atoms with E-state index in [1.807, 2.05) is 30.2 Å². The lowest BCUT2D eigenvalue weighted by Crippen LogP contribution is -2.22. The van der Waals surface area contributed by atoms with E-state index in [4.69, 9.17) is 0 Å². The molecule has 56 valence electrons. The van der Waals surface area contributed by atoms with Crippen molar-refractivity contribution in [2.45, 2.75) is 6.92 Å². The molecule has 0 aromatic carbocycles. The first kappa shape index (κ1) is 6.34. The van der Waals surface area contributed by atoms with E-state index in [-0.39, 0.29) is 5.91 Å². The molecule has 0 aliphatic carbocycles. The molecule has 1 amide bonds. The fourth-order valence-corrected chi connectivity index (χ4v) is 1.16. The summed E-state index contributed by atoms with van der Waals surface area (Å²) >= 11 is 0. The quantitative estimate of drug-likeness (QED) is 0.506. The fraction of sp³-hybridized carbons (Fsp3) is 0.250. The smallest absolute Gasteiger partial charge is 0.267 e. The first-order chi connectivity index (χ1) is 5.25. The van der Waals surface area contributed by atoms with Gasteiger partial charge in [0, 0.05) is 6.20 Å². The maximum Gasteiger partial charge on any atom is 0.267 e. The van der Waals surface area contributed by atoms with Crippen LogP contribution in [-0.4, -0.2) is 23.2 Å². The van der Waals surface area contributed by atoms with Crippen molar-refractivity contribution >= 4 is 11.7 Å². The predicted molar refractivity (Wildman–Crippen MR) is 42.0 cm³/mol. The monoisotopic (exact) mass is 148 g/mol. The molecule has 3 nitrogen and oxygen atoms in total. The minimum Gasteiger partial charge on any atom is -0.323 e. The van der Waals surface area contributed by atoms with Crippen molar-refractivity contribution in [2.24, 2.45) is 4.99 Å². The van der Waals surface area contributed by atoms with Crippen LogP contribution in [0.2, 0.25) is 0 Å². The number of amides is 1. The molecule has 0 spiro atoms. The SMILES string of the molecule is CC1=CC2=NC(=O)CN2C=C1. The topological polar surface area (TPSA) is 32.7 Å². The maximum absolute atomic E-state index is 10.8. The molecule has 11 heavy (non-hydrogen) atoms. The van der Waals surface area contributed by atoms with Gasteiger partial charge in [0.15, 0.2) is 0 Å². The fourth-order valence-electron chi connectivity index (χ4n) is 1.16. The third-order valence-electron chi connectivity index (χ3n) is 1.71. The van der Waals surface area contributed by atoms with E-state index in [0.29, 0.717) is 6.54 Å². The van der Waals surface area contributed by atoms with Crippen LogP contribution < -0.4 is 0 Å². The average Bonchev–Trinajstić information content (AvgIpc) is 2.27. The first-order valence-electron chi connectivity index (χ1n) is 3.50. The van der Waals surface area contributed by atoms with Crippen LogP contribution in [0, 0.1) is 0 Å². The van der Waals surface area contributed by atoms with Crippen molar-refractivity contribution in [2.75, 3.05) is 6.54 Å². The molecule has 0 fully saturated rings. The van der Waals surface area contributed by atoms with Gasteiger partial charge in [-0.15, -0.1) is 0 Å². The molecule has 0 unspecified atom stereocenters. The zero-order chi connectivity index (χ0) is 7.84. The summed E-state index contributed by atoms with van der Waals surface area (Å²) < 4.78 is 0. The van der Waals surface area contributed by atoms with E-state index < -0.39 is 0 Å². The summed E-state index contributed by atoms with van der Waals surface area (Å²) in [7, 11) is 0. The highest BCUT2D eigenvalue weighted by Gasteiger charge is 2.20. The van der Waals surface area contributed by atoms with Gasteiger partial charge in [0.25, 0.3) is 5.91 Å². The molecule has 0 atom stereocenters.